The Kier molecular flexibility index (Phi) is 4.38. The van der Waals surface area contributed by atoms with Gasteiger partial charge in [-0.2, -0.15) is 26.3 Å². The van der Waals surface area contributed by atoms with Crippen molar-refractivity contribution in [3.8, 4) is 11.3 Å². The Morgan fingerprint density at radius 3 is 1.92 bits per heavy atom. The fraction of sp³-hybridized carbons (Fsp3) is 0.118. The molecular formula is C17H7BrF6O2. The van der Waals surface area contributed by atoms with Crippen molar-refractivity contribution in [1.29, 1.82) is 0 Å². The molecule has 0 amide bonds. The molecule has 26 heavy (non-hydrogen) atoms. The molecule has 0 aliphatic rings. The Bertz CT molecular complexity index is 1020. The number of halogens is 7. The van der Waals surface area contributed by atoms with E-state index in [0.29, 0.717) is 16.6 Å². The van der Waals surface area contributed by atoms with E-state index in [1.807, 2.05) is 0 Å². The third-order valence-corrected chi connectivity index (χ3v) is 4.05. The van der Waals surface area contributed by atoms with Crippen LogP contribution < -0.4 is 5.43 Å². The van der Waals surface area contributed by atoms with Gasteiger partial charge >= 0.3 is 12.4 Å². The standard InChI is InChI=1S/C17H7BrF6O2/c18-11-1-2-14-12(6-11)13(25)7-15(26-14)8-3-9(16(19,20)21)5-10(4-8)17(22,23)24/h1-7H. The van der Waals surface area contributed by atoms with Gasteiger partial charge in [0.2, 0.25) is 0 Å². The lowest BCUT2D eigenvalue weighted by Crippen LogP contribution is -2.11. The molecule has 3 rings (SSSR count). The largest absolute Gasteiger partial charge is 0.456 e. The van der Waals surface area contributed by atoms with Crippen LogP contribution in [0.1, 0.15) is 11.1 Å². The molecule has 0 atom stereocenters. The Morgan fingerprint density at radius 1 is 0.808 bits per heavy atom. The smallest absolute Gasteiger partial charge is 0.416 e. The van der Waals surface area contributed by atoms with Gasteiger partial charge in [-0.05, 0) is 36.4 Å². The van der Waals surface area contributed by atoms with Crippen LogP contribution in [0.4, 0.5) is 26.3 Å². The molecule has 2 nitrogen and oxygen atoms in total. The van der Waals surface area contributed by atoms with Crippen LogP contribution in [-0.2, 0) is 12.4 Å². The molecule has 0 N–H and O–H groups in total. The van der Waals surface area contributed by atoms with Gasteiger partial charge in [0, 0.05) is 16.1 Å². The van der Waals surface area contributed by atoms with E-state index in [4.69, 9.17) is 4.42 Å². The highest BCUT2D eigenvalue weighted by molar-refractivity contribution is 9.10. The Hall–Kier alpha value is -2.29. The molecule has 2 aromatic carbocycles. The maximum atomic E-state index is 13.0. The molecule has 136 valence electrons. The third-order valence-electron chi connectivity index (χ3n) is 3.56. The third kappa shape index (κ3) is 3.62. The highest BCUT2D eigenvalue weighted by Gasteiger charge is 2.37. The molecule has 0 radical (unpaired) electrons. The Labute approximate surface area is 150 Å². The second-order valence-electron chi connectivity index (χ2n) is 5.41. The molecule has 0 aliphatic carbocycles. The minimum Gasteiger partial charge on any atom is -0.456 e. The Balaban J connectivity index is 2.28. The lowest BCUT2D eigenvalue weighted by Gasteiger charge is -2.14. The van der Waals surface area contributed by atoms with Gasteiger partial charge in [0.15, 0.2) is 5.43 Å². The highest BCUT2D eigenvalue weighted by atomic mass is 79.9. The fourth-order valence-corrected chi connectivity index (χ4v) is 2.73. The number of fused-ring (bicyclic) bond motifs is 1. The SMILES string of the molecule is O=c1cc(-c2cc(C(F)(F)F)cc(C(F)(F)F)c2)oc2ccc(Br)cc12. The van der Waals surface area contributed by atoms with E-state index in [9.17, 15) is 31.1 Å². The van der Waals surface area contributed by atoms with E-state index in [1.54, 1.807) is 0 Å². The average Bonchev–Trinajstić information content (AvgIpc) is 2.53. The van der Waals surface area contributed by atoms with Crippen LogP contribution in [0.3, 0.4) is 0 Å². The highest BCUT2D eigenvalue weighted by Crippen LogP contribution is 2.38. The van der Waals surface area contributed by atoms with Crippen LogP contribution in [0, 0.1) is 0 Å². The van der Waals surface area contributed by atoms with Gasteiger partial charge in [-0.25, -0.2) is 0 Å². The summed E-state index contributed by atoms with van der Waals surface area (Å²) < 4.78 is 83.7. The van der Waals surface area contributed by atoms with Crippen LogP contribution >= 0.6 is 15.9 Å². The summed E-state index contributed by atoms with van der Waals surface area (Å²) >= 11 is 3.16. The normalized spacial score (nSPS) is 12.6. The van der Waals surface area contributed by atoms with Crippen molar-refractivity contribution in [2.75, 3.05) is 0 Å². The maximum Gasteiger partial charge on any atom is 0.416 e. The summed E-state index contributed by atoms with van der Waals surface area (Å²) in [6.07, 6.45) is -9.98. The first-order chi connectivity index (χ1) is 11.9. The van der Waals surface area contributed by atoms with E-state index in [2.05, 4.69) is 15.9 Å². The van der Waals surface area contributed by atoms with Gasteiger partial charge in [0.1, 0.15) is 11.3 Å². The zero-order valence-electron chi connectivity index (χ0n) is 12.5. The molecule has 0 fully saturated rings. The molecule has 1 heterocycles. The number of alkyl halides is 6. The van der Waals surface area contributed by atoms with Gasteiger partial charge in [-0.3, -0.25) is 4.79 Å². The molecule has 0 unspecified atom stereocenters. The average molecular weight is 437 g/mol. The molecule has 0 saturated carbocycles. The van der Waals surface area contributed by atoms with Crippen LogP contribution in [0.2, 0.25) is 0 Å². The van der Waals surface area contributed by atoms with Crippen LogP contribution in [0.25, 0.3) is 22.3 Å². The zero-order valence-corrected chi connectivity index (χ0v) is 14.1. The lowest BCUT2D eigenvalue weighted by molar-refractivity contribution is -0.143. The molecule has 0 saturated heterocycles. The second kappa shape index (κ2) is 6.15. The topological polar surface area (TPSA) is 30.2 Å². The minimum absolute atomic E-state index is 0.0137. The summed E-state index contributed by atoms with van der Waals surface area (Å²) in [7, 11) is 0. The molecule has 3 aromatic rings. The van der Waals surface area contributed by atoms with Crippen molar-refractivity contribution in [2.45, 2.75) is 12.4 Å². The summed E-state index contributed by atoms with van der Waals surface area (Å²) in [5.74, 6) is -0.388. The monoisotopic (exact) mass is 436 g/mol. The number of hydrogen-bond acceptors (Lipinski definition) is 2. The van der Waals surface area contributed by atoms with E-state index in [-0.39, 0.29) is 22.8 Å². The molecule has 9 heteroatoms. The summed E-state index contributed by atoms with van der Waals surface area (Å²) in [6.45, 7) is 0. The molecule has 1 aromatic heterocycles. The van der Waals surface area contributed by atoms with Crippen molar-refractivity contribution in [3.05, 3.63) is 68.3 Å². The van der Waals surface area contributed by atoms with Crippen molar-refractivity contribution in [2.24, 2.45) is 0 Å². The first kappa shape index (κ1) is 18.5. The van der Waals surface area contributed by atoms with E-state index < -0.39 is 34.5 Å². The van der Waals surface area contributed by atoms with Crippen LogP contribution in [0.5, 0.6) is 0 Å². The summed E-state index contributed by atoms with van der Waals surface area (Å²) in [4.78, 5) is 12.2. The van der Waals surface area contributed by atoms with Crippen LogP contribution in [-0.4, -0.2) is 0 Å². The maximum absolute atomic E-state index is 13.0. The van der Waals surface area contributed by atoms with Gasteiger partial charge in [0.25, 0.3) is 0 Å². The van der Waals surface area contributed by atoms with Crippen molar-refractivity contribution in [1.82, 2.24) is 0 Å². The predicted octanol–water partition coefficient (Wildman–Crippen LogP) is 6.26. The van der Waals surface area contributed by atoms with Gasteiger partial charge in [0.05, 0.1) is 16.5 Å². The second-order valence-corrected chi connectivity index (χ2v) is 6.33. The van der Waals surface area contributed by atoms with Crippen LogP contribution in [0.15, 0.2) is 56.1 Å². The minimum atomic E-state index is -4.99. The molecular weight excluding hydrogens is 430 g/mol. The Morgan fingerprint density at radius 2 is 1.38 bits per heavy atom. The van der Waals surface area contributed by atoms with Gasteiger partial charge in [-0.1, -0.05) is 15.9 Å². The molecule has 0 spiro atoms. The summed E-state index contributed by atoms with van der Waals surface area (Å²) in [6, 6.07) is 6.27. The lowest BCUT2D eigenvalue weighted by atomic mass is 10.0. The van der Waals surface area contributed by atoms with Gasteiger partial charge < -0.3 is 4.42 Å². The first-order valence-corrected chi connectivity index (χ1v) is 7.78. The van der Waals surface area contributed by atoms with Gasteiger partial charge in [-0.15, -0.1) is 0 Å². The first-order valence-electron chi connectivity index (χ1n) is 6.98. The zero-order chi connectivity index (χ0) is 19.3. The fourth-order valence-electron chi connectivity index (χ4n) is 2.37. The van der Waals surface area contributed by atoms with E-state index in [1.165, 1.54) is 18.2 Å². The molecule has 0 aliphatic heterocycles. The molecule has 0 bridgehead atoms. The predicted molar refractivity (Wildman–Crippen MR) is 85.6 cm³/mol. The summed E-state index contributed by atoms with van der Waals surface area (Å²) in [5.41, 5.74) is -4.01. The van der Waals surface area contributed by atoms with Crippen molar-refractivity contribution in [3.63, 3.8) is 0 Å². The van der Waals surface area contributed by atoms with E-state index in [0.717, 1.165) is 6.07 Å². The number of rotatable bonds is 1. The van der Waals surface area contributed by atoms with Crippen molar-refractivity contribution >= 4 is 26.9 Å². The summed E-state index contributed by atoms with van der Waals surface area (Å²) in [5, 5.41) is 0.145. The number of benzene rings is 2. The van der Waals surface area contributed by atoms with Crippen molar-refractivity contribution < 1.29 is 30.8 Å². The number of hydrogen-bond donors (Lipinski definition) is 0. The van der Waals surface area contributed by atoms with E-state index >= 15 is 0 Å². The quantitative estimate of drug-likeness (QED) is 0.421.